The number of hydrogen-bond donors (Lipinski definition) is 2. The molecule has 0 aliphatic carbocycles. The van der Waals surface area contributed by atoms with Gasteiger partial charge in [-0.1, -0.05) is 13.0 Å². The molecule has 0 saturated heterocycles. The molecule has 0 aromatic heterocycles. The predicted octanol–water partition coefficient (Wildman–Crippen LogP) is 3.13. The maximum Gasteiger partial charge on any atom is 0.0392 e. The highest BCUT2D eigenvalue weighted by Gasteiger charge is 2.04. The van der Waals surface area contributed by atoms with E-state index >= 15 is 0 Å². The number of benzene rings is 1. The molecule has 2 nitrogen and oxygen atoms in total. The number of hydrogen-bond acceptors (Lipinski definition) is 3. The summed E-state index contributed by atoms with van der Waals surface area (Å²) in [6.45, 7) is 6.48. The maximum absolute atomic E-state index is 5.76. The van der Waals surface area contributed by atoms with Gasteiger partial charge in [0.1, 0.15) is 0 Å². The average Bonchev–Trinajstić information content (AvgIpc) is 2.20. The number of anilines is 2. The van der Waals surface area contributed by atoms with Crippen LogP contribution in [0.3, 0.4) is 0 Å². The zero-order valence-electron chi connectivity index (χ0n) is 9.71. The van der Waals surface area contributed by atoms with E-state index < -0.39 is 0 Å². The van der Waals surface area contributed by atoms with Crippen molar-refractivity contribution in [2.45, 2.75) is 26.8 Å². The minimum Gasteiger partial charge on any atom is -0.399 e. The molecule has 1 atom stereocenters. The van der Waals surface area contributed by atoms with Crippen LogP contribution in [0.2, 0.25) is 0 Å². The molecule has 0 aliphatic heterocycles. The van der Waals surface area contributed by atoms with Gasteiger partial charge in [0.15, 0.2) is 0 Å². The Bertz CT molecular complexity index is 312. The summed E-state index contributed by atoms with van der Waals surface area (Å²) >= 11 is 1.95. The first-order valence-electron chi connectivity index (χ1n) is 5.34. The zero-order chi connectivity index (χ0) is 11.3. The fraction of sp³-hybridized carbons (Fsp3) is 0.500. The third-order valence-electron chi connectivity index (χ3n) is 2.24. The van der Waals surface area contributed by atoms with Gasteiger partial charge in [0.05, 0.1) is 0 Å². The topological polar surface area (TPSA) is 38.0 Å². The molecule has 0 heterocycles. The first-order valence-corrected chi connectivity index (χ1v) is 6.49. The molecule has 0 aliphatic rings. The standard InChI is InChI=1S/C12H20N2S/c1-4-15-8-10(3)14-12-7-11(13)6-5-9(12)2/h5-7,10,14H,4,8,13H2,1-3H3. The van der Waals surface area contributed by atoms with Crippen molar-refractivity contribution < 1.29 is 0 Å². The highest BCUT2D eigenvalue weighted by molar-refractivity contribution is 7.99. The zero-order valence-corrected chi connectivity index (χ0v) is 10.5. The second-order valence-corrected chi connectivity index (χ2v) is 5.10. The van der Waals surface area contributed by atoms with E-state index in [2.05, 4.69) is 32.2 Å². The maximum atomic E-state index is 5.76. The molecule has 0 bridgehead atoms. The molecule has 0 radical (unpaired) electrons. The fourth-order valence-electron chi connectivity index (χ4n) is 1.40. The Kier molecular flexibility index (Phi) is 4.82. The van der Waals surface area contributed by atoms with Crippen LogP contribution in [0.5, 0.6) is 0 Å². The van der Waals surface area contributed by atoms with Crippen molar-refractivity contribution in [2.75, 3.05) is 22.6 Å². The van der Waals surface area contributed by atoms with E-state index in [1.54, 1.807) is 0 Å². The number of nitrogens with two attached hydrogens (primary N) is 1. The summed E-state index contributed by atoms with van der Waals surface area (Å²) < 4.78 is 0. The summed E-state index contributed by atoms with van der Waals surface area (Å²) in [5, 5.41) is 3.48. The molecule has 0 amide bonds. The molecule has 84 valence electrons. The van der Waals surface area contributed by atoms with Gasteiger partial charge in [-0.05, 0) is 37.3 Å². The van der Waals surface area contributed by atoms with Crippen LogP contribution >= 0.6 is 11.8 Å². The van der Waals surface area contributed by atoms with Gasteiger partial charge in [-0.3, -0.25) is 0 Å². The summed E-state index contributed by atoms with van der Waals surface area (Å²) in [6, 6.07) is 6.47. The van der Waals surface area contributed by atoms with Gasteiger partial charge < -0.3 is 11.1 Å². The van der Waals surface area contributed by atoms with Gasteiger partial charge in [-0.2, -0.15) is 11.8 Å². The first kappa shape index (κ1) is 12.2. The lowest BCUT2D eigenvalue weighted by molar-refractivity contribution is 0.911. The van der Waals surface area contributed by atoms with E-state index in [-0.39, 0.29) is 0 Å². The molecular formula is C12H20N2S. The molecule has 0 spiro atoms. The monoisotopic (exact) mass is 224 g/mol. The van der Waals surface area contributed by atoms with Crippen LogP contribution in [-0.2, 0) is 0 Å². The molecule has 1 rings (SSSR count). The molecule has 1 aromatic rings. The Morgan fingerprint density at radius 2 is 2.20 bits per heavy atom. The van der Waals surface area contributed by atoms with Crippen molar-refractivity contribution >= 4 is 23.1 Å². The predicted molar refractivity (Wildman–Crippen MR) is 71.7 cm³/mol. The van der Waals surface area contributed by atoms with Crippen molar-refractivity contribution in [1.82, 2.24) is 0 Å². The van der Waals surface area contributed by atoms with Crippen molar-refractivity contribution in [3.63, 3.8) is 0 Å². The van der Waals surface area contributed by atoms with Gasteiger partial charge in [-0.25, -0.2) is 0 Å². The van der Waals surface area contributed by atoms with Crippen LogP contribution < -0.4 is 11.1 Å². The van der Waals surface area contributed by atoms with E-state index in [9.17, 15) is 0 Å². The van der Waals surface area contributed by atoms with Crippen molar-refractivity contribution in [1.29, 1.82) is 0 Å². The Morgan fingerprint density at radius 1 is 1.47 bits per heavy atom. The summed E-state index contributed by atoms with van der Waals surface area (Å²) in [5.41, 5.74) is 8.98. The van der Waals surface area contributed by atoms with Gasteiger partial charge >= 0.3 is 0 Å². The van der Waals surface area contributed by atoms with E-state index in [0.717, 1.165) is 17.1 Å². The summed E-state index contributed by atoms with van der Waals surface area (Å²) in [5.74, 6) is 2.30. The molecule has 3 N–H and O–H groups in total. The van der Waals surface area contributed by atoms with E-state index in [1.807, 2.05) is 23.9 Å². The highest BCUT2D eigenvalue weighted by Crippen LogP contribution is 2.19. The second kappa shape index (κ2) is 5.91. The lowest BCUT2D eigenvalue weighted by atomic mass is 10.1. The molecule has 0 saturated carbocycles. The first-order chi connectivity index (χ1) is 7.13. The van der Waals surface area contributed by atoms with Crippen LogP contribution in [0, 0.1) is 6.92 Å². The normalized spacial score (nSPS) is 12.5. The SMILES string of the molecule is CCSCC(C)Nc1cc(N)ccc1C. The molecular weight excluding hydrogens is 204 g/mol. The number of thioether (sulfide) groups is 1. The average molecular weight is 224 g/mol. The molecule has 0 fully saturated rings. The largest absolute Gasteiger partial charge is 0.399 e. The van der Waals surface area contributed by atoms with E-state index in [0.29, 0.717) is 6.04 Å². The van der Waals surface area contributed by atoms with Crippen LogP contribution in [0.15, 0.2) is 18.2 Å². The fourth-order valence-corrected chi connectivity index (χ4v) is 2.07. The summed E-state index contributed by atoms with van der Waals surface area (Å²) in [4.78, 5) is 0. The molecule has 15 heavy (non-hydrogen) atoms. The van der Waals surface area contributed by atoms with Crippen LogP contribution in [0.1, 0.15) is 19.4 Å². The smallest absolute Gasteiger partial charge is 0.0392 e. The van der Waals surface area contributed by atoms with E-state index in [4.69, 9.17) is 5.73 Å². The Morgan fingerprint density at radius 3 is 2.87 bits per heavy atom. The van der Waals surface area contributed by atoms with Gasteiger partial charge in [0, 0.05) is 23.2 Å². The molecule has 3 heteroatoms. The van der Waals surface area contributed by atoms with E-state index in [1.165, 1.54) is 11.3 Å². The molecule has 1 aromatic carbocycles. The number of nitrogens with one attached hydrogen (secondary N) is 1. The highest BCUT2D eigenvalue weighted by atomic mass is 32.2. The number of nitrogen functional groups attached to an aromatic ring is 1. The quantitative estimate of drug-likeness (QED) is 0.755. The van der Waals surface area contributed by atoms with Gasteiger partial charge in [-0.15, -0.1) is 0 Å². The second-order valence-electron chi connectivity index (χ2n) is 3.78. The Labute approximate surface area is 96.6 Å². The third-order valence-corrected chi connectivity index (χ3v) is 3.38. The minimum atomic E-state index is 0.482. The number of rotatable bonds is 5. The minimum absolute atomic E-state index is 0.482. The van der Waals surface area contributed by atoms with Crippen molar-refractivity contribution in [3.8, 4) is 0 Å². The lowest BCUT2D eigenvalue weighted by Crippen LogP contribution is -2.18. The third kappa shape index (κ3) is 4.04. The van der Waals surface area contributed by atoms with Gasteiger partial charge in [0.2, 0.25) is 0 Å². The van der Waals surface area contributed by atoms with Gasteiger partial charge in [0.25, 0.3) is 0 Å². The Balaban J connectivity index is 2.59. The van der Waals surface area contributed by atoms with Crippen molar-refractivity contribution in [2.24, 2.45) is 0 Å². The number of aryl methyl sites for hydroxylation is 1. The van der Waals surface area contributed by atoms with Crippen LogP contribution in [0.4, 0.5) is 11.4 Å². The van der Waals surface area contributed by atoms with Crippen molar-refractivity contribution in [3.05, 3.63) is 23.8 Å². The van der Waals surface area contributed by atoms with Crippen LogP contribution in [0.25, 0.3) is 0 Å². The molecule has 1 unspecified atom stereocenters. The Hall–Kier alpha value is -0.830. The summed E-state index contributed by atoms with van der Waals surface area (Å²) in [7, 11) is 0. The van der Waals surface area contributed by atoms with Crippen LogP contribution in [-0.4, -0.2) is 17.5 Å². The summed E-state index contributed by atoms with van der Waals surface area (Å²) in [6.07, 6.45) is 0. The lowest BCUT2D eigenvalue weighted by Gasteiger charge is -2.16.